The standard InChI is InChI=1S/C13H9NO3S2/c15-12(16)7-17-8-3-4-9-11(6-8)19-13(14-9)10-2-1-5-18-10/h1-6H,7H2,(H,15,16). The van der Waals surface area contributed by atoms with Crippen LogP contribution in [-0.2, 0) is 4.79 Å². The van der Waals surface area contributed by atoms with Gasteiger partial charge in [0.15, 0.2) is 6.61 Å². The Hall–Kier alpha value is -1.92. The minimum Gasteiger partial charge on any atom is -0.482 e. The summed E-state index contributed by atoms with van der Waals surface area (Å²) < 4.78 is 6.15. The maximum Gasteiger partial charge on any atom is 0.341 e. The summed E-state index contributed by atoms with van der Waals surface area (Å²) in [6.45, 7) is -0.331. The highest BCUT2D eigenvalue weighted by atomic mass is 32.1. The van der Waals surface area contributed by atoms with E-state index in [9.17, 15) is 4.79 Å². The number of aliphatic carboxylic acids is 1. The number of hydrogen-bond donors (Lipinski definition) is 1. The molecule has 0 spiro atoms. The molecule has 0 radical (unpaired) electrons. The van der Waals surface area contributed by atoms with Crippen LogP contribution in [0.3, 0.4) is 0 Å². The first kappa shape index (κ1) is 12.1. The van der Waals surface area contributed by atoms with E-state index in [0.29, 0.717) is 5.75 Å². The van der Waals surface area contributed by atoms with Gasteiger partial charge in [0.25, 0.3) is 0 Å². The number of carbonyl (C=O) groups is 1. The van der Waals surface area contributed by atoms with Crippen LogP contribution < -0.4 is 4.74 Å². The normalized spacial score (nSPS) is 10.7. The number of thiazole rings is 1. The largest absolute Gasteiger partial charge is 0.482 e. The molecule has 2 aromatic heterocycles. The topological polar surface area (TPSA) is 59.4 Å². The molecule has 0 amide bonds. The molecule has 0 atom stereocenters. The molecule has 6 heteroatoms. The summed E-state index contributed by atoms with van der Waals surface area (Å²) in [6.07, 6.45) is 0. The quantitative estimate of drug-likeness (QED) is 0.799. The second-order valence-electron chi connectivity index (χ2n) is 3.81. The highest BCUT2D eigenvalue weighted by Crippen LogP contribution is 2.34. The number of carboxylic acids is 1. The predicted molar refractivity (Wildman–Crippen MR) is 76.1 cm³/mol. The lowest BCUT2D eigenvalue weighted by Crippen LogP contribution is -2.09. The molecule has 0 unspecified atom stereocenters. The zero-order valence-corrected chi connectivity index (χ0v) is 11.3. The van der Waals surface area contributed by atoms with E-state index in [1.54, 1.807) is 28.7 Å². The van der Waals surface area contributed by atoms with Gasteiger partial charge in [0.05, 0.1) is 15.1 Å². The number of thiophene rings is 1. The molecule has 96 valence electrons. The van der Waals surface area contributed by atoms with Crippen molar-refractivity contribution in [3.63, 3.8) is 0 Å². The van der Waals surface area contributed by atoms with Crippen LogP contribution in [0.15, 0.2) is 35.7 Å². The maximum absolute atomic E-state index is 10.5. The van der Waals surface area contributed by atoms with Gasteiger partial charge in [-0.1, -0.05) is 6.07 Å². The van der Waals surface area contributed by atoms with Gasteiger partial charge in [0.1, 0.15) is 10.8 Å². The van der Waals surface area contributed by atoms with Gasteiger partial charge < -0.3 is 9.84 Å². The Morgan fingerprint density at radius 1 is 1.37 bits per heavy atom. The SMILES string of the molecule is O=C(O)COc1ccc2nc(-c3cccs3)sc2c1. The van der Waals surface area contributed by atoms with E-state index in [0.717, 1.165) is 20.1 Å². The first-order valence-electron chi connectivity index (χ1n) is 5.51. The summed E-state index contributed by atoms with van der Waals surface area (Å²) >= 11 is 3.22. The molecule has 0 saturated carbocycles. The van der Waals surface area contributed by atoms with Crippen LogP contribution in [0.2, 0.25) is 0 Å². The van der Waals surface area contributed by atoms with Gasteiger partial charge >= 0.3 is 5.97 Å². The number of hydrogen-bond acceptors (Lipinski definition) is 5. The summed E-state index contributed by atoms with van der Waals surface area (Å²) in [5, 5.41) is 11.6. The molecule has 1 N–H and O–H groups in total. The Balaban J connectivity index is 1.93. The zero-order valence-electron chi connectivity index (χ0n) is 9.70. The van der Waals surface area contributed by atoms with Gasteiger partial charge in [-0.05, 0) is 29.6 Å². The number of carboxylic acid groups (broad SMARTS) is 1. The summed E-state index contributed by atoms with van der Waals surface area (Å²) in [7, 11) is 0. The Labute approximate surface area is 116 Å². The number of fused-ring (bicyclic) bond motifs is 1. The Kier molecular flexibility index (Phi) is 3.18. The van der Waals surface area contributed by atoms with E-state index in [1.807, 2.05) is 29.6 Å². The molecule has 0 saturated heterocycles. The van der Waals surface area contributed by atoms with Crippen molar-refractivity contribution in [2.45, 2.75) is 0 Å². The average Bonchev–Trinajstić information content (AvgIpc) is 3.04. The fourth-order valence-corrected chi connectivity index (χ4v) is 3.44. The molecular formula is C13H9NO3S2. The lowest BCUT2D eigenvalue weighted by molar-refractivity contribution is -0.139. The van der Waals surface area contributed by atoms with Gasteiger partial charge in [-0.3, -0.25) is 0 Å². The fraction of sp³-hybridized carbons (Fsp3) is 0.0769. The van der Waals surface area contributed by atoms with Crippen molar-refractivity contribution in [2.75, 3.05) is 6.61 Å². The van der Waals surface area contributed by atoms with Gasteiger partial charge in [0, 0.05) is 0 Å². The minimum absolute atomic E-state index is 0.331. The molecule has 0 fully saturated rings. The van der Waals surface area contributed by atoms with E-state index >= 15 is 0 Å². The molecule has 0 aliphatic carbocycles. The number of ether oxygens (including phenoxy) is 1. The van der Waals surface area contributed by atoms with Gasteiger partial charge in [-0.2, -0.15) is 0 Å². The fourth-order valence-electron chi connectivity index (χ4n) is 1.65. The number of benzene rings is 1. The summed E-state index contributed by atoms with van der Waals surface area (Å²) in [5.41, 5.74) is 0.899. The third kappa shape index (κ3) is 2.59. The lowest BCUT2D eigenvalue weighted by Gasteiger charge is -2.01. The van der Waals surface area contributed by atoms with E-state index in [2.05, 4.69) is 4.98 Å². The van der Waals surface area contributed by atoms with Crippen molar-refractivity contribution < 1.29 is 14.6 Å². The molecule has 1 aromatic carbocycles. The zero-order chi connectivity index (χ0) is 13.2. The highest BCUT2D eigenvalue weighted by Gasteiger charge is 2.08. The number of aromatic nitrogens is 1. The Morgan fingerprint density at radius 2 is 2.26 bits per heavy atom. The molecule has 0 aliphatic rings. The highest BCUT2D eigenvalue weighted by molar-refractivity contribution is 7.25. The summed E-state index contributed by atoms with van der Waals surface area (Å²) in [5.74, 6) is -0.431. The smallest absolute Gasteiger partial charge is 0.341 e. The molecular weight excluding hydrogens is 282 g/mol. The molecule has 0 bridgehead atoms. The van der Waals surface area contributed by atoms with Crippen LogP contribution in [0.5, 0.6) is 5.75 Å². The first-order chi connectivity index (χ1) is 9.22. The molecule has 19 heavy (non-hydrogen) atoms. The van der Waals surface area contributed by atoms with E-state index in [1.165, 1.54) is 0 Å². The van der Waals surface area contributed by atoms with Gasteiger partial charge in [-0.15, -0.1) is 22.7 Å². The Bertz CT molecular complexity index is 719. The number of nitrogens with zero attached hydrogens (tertiary/aromatic N) is 1. The summed E-state index contributed by atoms with van der Waals surface area (Å²) in [6, 6.07) is 9.44. The molecule has 0 aliphatic heterocycles. The molecule has 4 nitrogen and oxygen atoms in total. The van der Waals surface area contributed by atoms with E-state index < -0.39 is 5.97 Å². The van der Waals surface area contributed by atoms with Gasteiger partial charge in [-0.25, -0.2) is 9.78 Å². The van der Waals surface area contributed by atoms with Crippen molar-refractivity contribution in [1.82, 2.24) is 4.98 Å². The van der Waals surface area contributed by atoms with Crippen LogP contribution in [0.4, 0.5) is 0 Å². The first-order valence-corrected chi connectivity index (χ1v) is 7.21. The van der Waals surface area contributed by atoms with Crippen LogP contribution in [0, 0.1) is 0 Å². The third-order valence-corrected chi connectivity index (χ3v) is 4.51. The van der Waals surface area contributed by atoms with Crippen molar-refractivity contribution >= 4 is 38.9 Å². The molecule has 3 aromatic rings. The van der Waals surface area contributed by atoms with Crippen LogP contribution in [0.25, 0.3) is 20.1 Å². The van der Waals surface area contributed by atoms with E-state index in [4.69, 9.17) is 9.84 Å². The predicted octanol–water partition coefficient (Wildman–Crippen LogP) is 3.49. The minimum atomic E-state index is -0.983. The van der Waals surface area contributed by atoms with Crippen LogP contribution in [-0.4, -0.2) is 22.7 Å². The number of rotatable bonds is 4. The van der Waals surface area contributed by atoms with Crippen molar-refractivity contribution in [1.29, 1.82) is 0 Å². The third-order valence-electron chi connectivity index (χ3n) is 2.45. The van der Waals surface area contributed by atoms with Crippen LogP contribution in [0.1, 0.15) is 0 Å². The van der Waals surface area contributed by atoms with Crippen molar-refractivity contribution in [3.05, 3.63) is 35.7 Å². The van der Waals surface area contributed by atoms with Gasteiger partial charge in [0.2, 0.25) is 0 Å². The maximum atomic E-state index is 10.5. The second-order valence-corrected chi connectivity index (χ2v) is 5.79. The summed E-state index contributed by atoms with van der Waals surface area (Å²) in [4.78, 5) is 16.1. The average molecular weight is 291 g/mol. The molecule has 3 rings (SSSR count). The lowest BCUT2D eigenvalue weighted by atomic mass is 10.3. The second kappa shape index (κ2) is 4.99. The van der Waals surface area contributed by atoms with E-state index in [-0.39, 0.29) is 6.61 Å². The van der Waals surface area contributed by atoms with Crippen molar-refractivity contribution in [2.24, 2.45) is 0 Å². The van der Waals surface area contributed by atoms with Crippen molar-refractivity contribution in [3.8, 4) is 15.6 Å². The Morgan fingerprint density at radius 3 is 3.00 bits per heavy atom. The monoisotopic (exact) mass is 291 g/mol. The van der Waals surface area contributed by atoms with Crippen LogP contribution >= 0.6 is 22.7 Å². The molecule has 2 heterocycles.